The highest BCUT2D eigenvalue weighted by atomic mass is 32.1. The molecule has 1 atom stereocenters. The maximum absolute atomic E-state index is 4.74. The molecule has 1 aromatic heterocycles. The van der Waals surface area contributed by atoms with Gasteiger partial charge in [0.15, 0.2) is 0 Å². The van der Waals surface area contributed by atoms with Gasteiger partial charge in [-0.3, -0.25) is 0 Å². The Balaban J connectivity index is 1.93. The zero-order valence-electron chi connectivity index (χ0n) is 7.84. The summed E-state index contributed by atoms with van der Waals surface area (Å²) in [6.45, 7) is 3.28. The number of hydrogen-bond donors (Lipinski definition) is 1. The molecule has 2 heterocycles. The van der Waals surface area contributed by atoms with Crippen molar-refractivity contribution >= 4 is 11.3 Å². The van der Waals surface area contributed by atoms with Crippen molar-refractivity contribution < 1.29 is 0 Å². The zero-order chi connectivity index (χ0) is 8.84. The summed E-state index contributed by atoms with van der Waals surface area (Å²) >= 11 is 1.93. The molecule has 0 aromatic carbocycles. The van der Waals surface area contributed by atoms with Crippen molar-refractivity contribution in [2.45, 2.75) is 44.7 Å². The molecule has 70 valence electrons. The number of thiazole rings is 1. The highest BCUT2D eigenvalue weighted by Crippen LogP contribution is 2.43. The largest absolute Gasteiger partial charge is 0.309 e. The van der Waals surface area contributed by atoms with E-state index >= 15 is 0 Å². The van der Waals surface area contributed by atoms with Crippen LogP contribution in [0.1, 0.15) is 41.3 Å². The standard InChI is InChI=1S/C10H14N2S/c1-6-4-8-9(5-11-6)13-10(12-8)7-2-3-7/h6-7,11H,2-5H2,1H3/t6-/m1/s1. The van der Waals surface area contributed by atoms with Crippen LogP contribution in [0.2, 0.25) is 0 Å². The van der Waals surface area contributed by atoms with E-state index in [4.69, 9.17) is 4.98 Å². The van der Waals surface area contributed by atoms with Crippen LogP contribution in [0.3, 0.4) is 0 Å². The first-order valence-electron chi connectivity index (χ1n) is 5.05. The second-order valence-electron chi connectivity index (χ2n) is 4.18. The Kier molecular flexibility index (Phi) is 1.70. The van der Waals surface area contributed by atoms with Gasteiger partial charge in [0, 0.05) is 29.8 Å². The highest BCUT2D eigenvalue weighted by Gasteiger charge is 2.29. The first kappa shape index (κ1) is 7.94. The van der Waals surface area contributed by atoms with Crippen LogP contribution < -0.4 is 5.32 Å². The number of aromatic nitrogens is 1. The second kappa shape index (κ2) is 2.79. The van der Waals surface area contributed by atoms with Crippen molar-refractivity contribution in [3.63, 3.8) is 0 Å². The van der Waals surface area contributed by atoms with Crippen LogP contribution in [0.5, 0.6) is 0 Å². The lowest BCUT2D eigenvalue weighted by atomic mass is 10.1. The molecule has 1 aliphatic heterocycles. The fourth-order valence-corrected chi connectivity index (χ4v) is 3.05. The van der Waals surface area contributed by atoms with Crippen molar-refractivity contribution in [1.29, 1.82) is 0 Å². The molecule has 1 aromatic rings. The van der Waals surface area contributed by atoms with E-state index in [0.29, 0.717) is 6.04 Å². The van der Waals surface area contributed by atoms with E-state index in [0.717, 1.165) is 18.9 Å². The zero-order valence-corrected chi connectivity index (χ0v) is 8.66. The summed E-state index contributed by atoms with van der Waals surface area (Å²) in [6, 6.07) is 0.613. The summed E-state index contributed by atoms with van der Waals surface area (Å²) in [7, 11) is 0. The van der Waals surface area contributed by atoms with Gasteiger partial charge in [0.1, 0.15) is 0 Å². The van der Waals surface area contributed by atoms with E-state index in [-0.39, 0.29) is 0 Å². The summed E-state index contributed by atoms with van der Waals surface area (Å²) in [5.41, 5.74) is 1.37. The number of fused-ring (bicyclic) bond motifs is 1. The maximum Gasteiger partial charge on any atom is 0.0962 e. The molecule has 1 aliphatic carbocycles. The number of hydrogen-bond acceptors (Lipinski definition) is 3. The molecule has 0 amide bonds. The SMILES string of the molecule is C[C@@H]1Cc2nc(C3CC3)sc2CN1. The van der Waals surface area contributed by atoms with E-state index in [9.17, 15) is 0 Å². The summed E-state index contributed by atoms with van der Waals surface area (Å²) in [4.78, 5) is 6.23. The van der Waals surface area contributed by atoms with Crippen molar-refractivity contribution in [3.8, 4) is 0 Å². The van der Waals surface area contributed by atoms with Crippen molar-refractivity contribution in [2.75, 3.05) is 0 Å². The Morgan fingerprint density at radius 3 is 3.08 bits per heavy atom. The molecule has 1 fully saturated rings. The smallest absolute Gasteiger partial charge is 0.0962 e. The minimum absolute atomic E-state index is 0.613. The van der Waals surface area contributed by atoms with E-state index < -0.39 is 0 Å². The predicted molar refractivity (Wildman–Crippen MR) is 54.1 cm³/mol. The lowest BCUT2D eigenvalue weighted by Gasteiger charge is -2.18. The van der Waals surface area contributed by atoms with Crippen molar-refractivity contribution in [1.82, 2.24) is 10.3 Å². The van der Waals surface area contributed by atoms with Gasteiger partial charge < -0.3 is 5.32 Å². The molecule has 2 aliphatic rings. The van der Waals surface area contributed by atoms with Crippen LogP contribution >= 0.6 is 11.3 Å². The summed E-state index contributed by atoms with van der Waals surface area (Å²) < 4.78 is 0. The molecule has 13 heavy (non-hydrogen) atoms. The molecule has 0 unspecified atom stereocenters. The Morgan fingerprint density at radius 2 is 2.31 bits per heavy atom. The van der Waals surface area contributed by atoms with Crippen molar-refractivity contribution in [3.05, 3.63) is 15.6 Å². The Hall–Kier alpha value is -0.410. The minimum Gasteiger partial charge on any atom is -0.309 e. The molecule has 3 rings (SSSR count). The van der Waals surface area contributed by atoms with Crippen LogP contribution in [0.25, 0.3) is 0 Å². The summed E-state index contributed by atoms with van der Waals surface area (Å²) in [6.07, 6.45) is 3.86. The van der Waals surface area contributed by atoms with Gasteiger partial charge in [-0.05, 0) is 19.8 Å². The molecule has 1 saturated carbocycles. The van der Waals surface area contributed by atoms with Gasteiger partial charge in [-0.25, -0.2) is 4.98 Å². The van der Waals surface area contributed by atoms with E-state index in [1.54, 1.807) is 0 Å². The van der Waals surface area contributed by atoms with Gasteiger partial charge in [0.05, 0.1) is 10.7 Å². The Morgan fingerprint density at radius 1 is 1.46 bits per heavy atom. The molecule has 3 heteroatoms. The first-order valence-corrected chi connectivity index (χ1v) is 5.86. The quantitative estimate of drug-likeness (QED) is 0.740. The third-order valence-electron chi connectivity index (χ3n) is 2.83. The minimum atomic E-state index is 0.613. The number of nitrogens with one attached hydrogen (secondary N) is 1. The predicted octanol–water partition coefficient (Wildman–Crippen LogP) is 2.05. The van der Waals surface area contributed by atoms with Crippen LogP contribution in [-0.4, -0.2) is 11.0 Å². The van der Waals surface area contributed by atoms with E-state index in [1.807, 2.05) is 11.3 Å². The first-order chi connectivity index (χ1) is 6.33. The second-order valence-corrected chi connectivity index (χ2v) is 5.30. The molecule has 0 saturated heterocycles. The molecular weight excluding hydrogens is 180 g/mol. The van der Waals surface area contributed by atoms with Gasteiger partial charge in [-0.15, -0.1) is 11.3 Å². The highest BCUT2D eigenvalue weighted by molar-refractivity contribution is 7.11. The number of nitrogens with zero attached hydrogens (tertiary/aromatic N) is 1. The van der Waals surface area contributed by atoms with Gasteiger partial charge in [0.2, 0.25) is 0 Å². The molecule has 1 N–H and O–H groups in total. The lowest BCUT2D eigenvalue weighted by Crippen LogP contribution is -2.32. The van der Waals surface area contributed by atoms with Crippen LogP contribution in [0.4, 0.5) is 0 Å². The van der Waals surface area contributed by atoms with Gasteiger partial charge in [-0.2, -0.15) is 0 Å². The van der Waals surface area contributed by atoms with Crippen LogP contribution in [0, 0.1) is 0 Å². The average molecular weight is 194 g/mol. The molecule has 0 radical (unpaired) electrons. The third-order valence-corrected chi connectivity index (χ3v) is 4.09. The summed E-state index contributed by atoms with van der Waals surface area (Å²) in [5, 5.41) is 4.88. The van der Waals surface area contributed by atoms with Gasteiger partial charge in [0.25, 0.3) is 0 Å². The Labute approximate surface area is 82.4 Å². The molecule has 0 spiro atoms. The lowest BCUT2D eigenvalue weighted by molar-refractivity contribution is 0.512. The van der Waals surface area contributed by atoms with Gasteiger partial charge >= 0.3 is 0 Å². The normalized spacial score (nSPS) is 27.3. The monoisotopic (exact) mass is 194 g/mol. The maximum atomic E-state index is 4.74. The molecule has 0 bridgehead atoms. The fourth-order valence-electron chi connectivity index (χ4n) is 1.83. The van der Waals surface area contributed by atoms with Crippen LogP contribution in [-0.2, 0) is 13.0 Å². The van der Waals surface area contributed by atoms with Gasteiger partial charge in [-0.1, -0.05) is 0 Å². The van der Waals surface area contributed by atoms with E-state index in [2.05, 4.69) is 12.2 Å². The fraction of sp³-hybridized carbons (Fsp3) is 0.700. The molecular formula is C10H14N2S. The average Bonchev–Trinajstić information content (AvgIpc) is 2.87. The van der Waals surface area contributed by atoms with Crippen LogP contribution in [0.15, 0.2) is 0 Å². The van der Waals surface area contributed by atoms with E-state index in [1.165, 1.54) is 28.4 Å². The molecule has 2 nitrogen and oxygen atoms in total. The summed E-state index contributed by atoms with van der Waals surface area (Å²) in [5.74, 6) is 0.825. The third kappa shape index (κ3) is 1.40. The topological polar surface area (TPSA) is 24.9 Å². The number of rotatable bonds is 1. The van der Waals surface area contributed by atoms with Crippen molar-refractivity contribution in [2.24, 2.45) is 0 Å². The Bertz CT molecular complexity index is 328.